The Morgan fingerprint density at radius 1 is 1.25 bits per heavy atom. The van der Waals surface area contributed by atoms with Crippen molar-refractivity contribution in [3.63, 3.8) is 0 Å². The summed E-state index contributed by atoms with van der Waals surface area (Å²) in [5.41, 5.74) is 1.69. The number of nitrogens with one attached hydrogen (secondary N) is 3. The van der Waals surface area contributed by atoms with Gasteiger partial charge in [0.1, 0.15) is 17.8 Å². The van der Waals surface area contributed by atoms with Crippen LogP contribution in [0.5, 0.6) is 5.75 Å². The smallest absolute Gasteiger partial charge is 0.326 e. The average molecular weight is 444 g/mol. The van der Waals surface area contributed by atoms with Crippen molar-refractivity contribution >= 4 is 17.8 Å². The minimum Gasteiger partial charge on any atom is -0.506 e. The van der Waals surface area contributed by atoms with E-state index in [0.29, 0.717) is 24.2 Å². The largest absolute Gasteiger partial charge is 0.506 e. The van der Waals surface area contributed by atoms with Crippen molar-refractivity contribution in [3.05, 3.63) is 42.0 Å². The van der Waals surface area contributed by atoms with Crippen molar-refractivity contribution in [3.8, 4) is 11.4 Å². The number of hydrogen-bond acceptors (Lipinski definition) is 6. The number of amides is 2. The van der Waals surface area contributed by atoms with E-state index in [2.05, 4.69) is 20.9 Å². The third-order valence-electron chi connectivity index (χ3n) is 5.43. The lowest BCUT2D eigenvalue weighted by Gasteiger charge is -2.25. The monoisotopic (exact) mass is 443 g/mol. The second-order valence-corrected chi connectivity index (χ2v) is 8.43. The van der Waals surface area contributed by atoms with Gasteiger partial charge in [-0.25, -0.2) is 9.78 Å². The zero-order valence-electron chi connectivity index (χ0n) is 18.3. The lowest BCUT2D eigenvalue weighted by Crippen LogP contribution is -2.55. The maximum atomic E-state index is 13.0. The molecule has 3 atom stereocenters. The molecule has 1 aliphatic heterocycles. The molecule has 0 saturated carbocycles. The molecule has 4 bridgehead atoms. The Morgan fingerprint density at radius 2 is 2.00 bits per heavy atom. The first-order valence-corrected chi connectivity index (χ1v) is 10.5. The predicted molar refractivity (Wildman–Crippen MR) is 116 cm³/mol. The lowest BCUT2D eigenvalue weighted by molar-refractivity contribution is -0.142. The summed E-state index contributed by atoms with van der Waals surface area (Å²) in [6.07, 6.45) is 3.73. The van der Waals surface area contributed by atoms with Crippen LogP contribution in [0.2, 0.25) is 0 Å². The van der Waals surface area contributed by atoms with Gasteiger partial charge in [0.25, 0.3) is 0 Å². The number of nitrogens with zero attached hydrogens (tertiary/aromatic N) is 2. The number of likely N-dealkylation sites (N-methyl/N-ethyl adjacent to an activating group) is 1. The summed E-state index contributed by atoms with van der Waals surface area (Å²) >= 11 is 0. The summed E-state index contributed by atoms with van der Waals surface area (Å²) in [7, 11) is 1.65. The zero-order chi connectivity index (χ0) is 23.4. The summed E-state index contributed by atoms with van der Waals surface area (Å²) in [6, 6.07) is 2.29. The fourth-order valence-corrected chi connectivity index (χ4v) is 3.72. The molecule has 5 N–H and O–H groups in total. The molecule has 2 heterocycles. The van der Waals surface area contributed by atoms with Gasteiger partial charge in [-0.05, 0) is 43.5 Å². The van der Waals surface area contributed by atoms with E-state index in [0.717, 1.165) is 5.56 Å². The molecule has 2 amide bonds. The van der Waals surface area contributed by atoms with E-state index in [1.54, 1.807) is 36.0 Å². The topological polar surface area (TPSA) is 146 Å². The fraction of sp³-hybridized carbons (Fsp3) is 0.455. The van der Waals surface area contributed by atoms with Crippen LogP contribution in [0.1, 0.15) is 31.5 Å². The molecular weight excluding hydrogens is 414 g/mol. The van der Waals surface area contributed by atoms with Gasteiger partial charge in [-0.1, -0.05) is 19.9 Å². The molecule has 1 aromatic carbocycles. The number of rotatable bonds is 4. The number of carboxylic acids is 1. The number of carboxylic acid groups (broad SMARTS) is 1. The number of phenolic OH excluding ortho intramolecular Hbond substituents is 1. The van der Waals surface area contributed by atoms with Crippen molar-refractivity contribution in [1.29, 1.82) is 0 Å². The first-order chi connectivity index (χ1) is 15.2. The Bertz CT molecular complexity index is 1000. The third kappa shape index (κ3) is 5.44. The number of imidazole rings is 1. The van der Waals surface area contributed by atoms with Crippen LogP contribution < -0.4 is 16.0 Å². The average Bonchev–Trinajstić information content (AvgIpc) is 3.19. The van der Waals surface area contributed by atoms with Gasteiger partial charge in [-0.2, -0.15) is 0 Å². The van der Waals surface area contributed by atoms with Gasteiger partial charge in [0.15, 0.2) is 0 Å². The van der Waals surface area contributed by atoms with Crippen LogP contribution in [0.15, 0.2) is 30.7 Å². The molecule has 3 rings (SSSR count). The summed E-state index contributed by atoms with van der Waals surface area (Å²) in [5, 5.41) is 28.3. The molecule has 0 fully saturated rings. The Balaban J connectivity index is 2.04. The Kier molecular flexibility index (Phi) is 7.14. The van der Waals surface area contributed by atoms with Crippen LogP contribution in [0.25, 0.3) is 5.69 Å². The van der Waals surface area contributed by atoms with Crippen molar-refractivity contribution in [2.75, 3.05) is 7.05 Å². The van der Waals surface area contributed by atoms with E-state index >= 15 is 0 Å². The number of fused-ring (bicyclic) bond motifs is 5. The van der Waals surface area contributed by atoms with Crippen molar-refractivity contribution in [2.45, 2.75) is 51.2 Å². The van der Waals surface area contributed by atoms with Gasteiger partial charge in [0, 0.05) is 12.6 Å². The normalized spacial score (nSPS) is 21.9. The van der Waals surface area contributed by atoms with E-state index in [9.17, 15) is 24.6 Å². The van der Waals surface area contributed by atoms with Crippen molar-refractivity contribution in [2.24, 2.45) is 5.92 Å². The van der Waals surface area contributed by atoms with Gasteiger partial charge in [0.05, 0.1) is 23.8 Å². The standard InChI is InChI=1S/C22H29N5O5/c1-12(2)6-16-21(30)26-17(22(31)32)9-14-10-27(11-24-14)18-8-13(4-5-19(18)28)7-15(23-3)20(29)25-16/h4-5,8,10-12,15-17,23,28H,6-7,9H2,1-3H3,(H,25,29)(H,26,30)(H,31,32)/t15-,16-,17-/m0/s1. The summed E-state index contributed by atoms with van der Waals surface area (Å²) in [4.78, 5) is 42.0. The third-order valence-corrected chi connectivity index (χ3v) is 5.43. The Morgan fingerprint density at radius 3 is 2.66 bits per heavy atom. The maximum absolute atomic E-state index is 13.0. The highest BCUT2D eigenvalue weighted by molar-refractivity contribution is 5.92. The van der Waals surface area contributed by atoms with E-state index in [1.165, 1.54) is 6.33 Å². The minimum absolute atomic E-state index is 0.0209. The minimum atomic E-state index is -1.22. The van der Waals surface area contributed by atoms with Gasteiger partial charge in [-0.15, -0.1) is 0 Å². The molecule has 0 aliphatic carbocycles. The van der Waals surface area contributed by atoms with Gasteiger partial charge in [-0.3, -0.25) is 9.59 Å². The molecule has 10 heteroatoms. The molecular formula is C22H29N5O5. The molecule has 0 radical (unpaired) electrons. The Hall–Kier alpha value is -3.40. The van der Waals surface area contributed by atoms with Crippen LogP contribution in [0.4, 0.5) is 0 Å². The van der Waals surface area contributed by atoms with Crippen LogP contribution in [-0.2, 0) is 27.2 Å². The van der Waals surface area contributed by atoms with Gasteiger partial charge >= 0.3 is 5.97 Å². The summed E-state index contributed by atoms with van der Waals surface area (Å²) in [5.74, 6) is -2.01. The summed E-state index contributed by atoms with van der Waals surface area (Å²) < 4.78 is 1.59. The Labute approximate surface area is 186 Å². The lowest BCUT2D eigenvalue weighted by atomic mass is 10.0. The molecule has 2 aromatic rings. The highest BCUT2D eigenvalue weighted by Crippen LogP contribution is 2.24. The van der Waals surface area contributed by atoms with E-state index < -0.39 is 30.0 Å². The number of carbonyl (C=O) groups is 3. The van der Waals surface area contributed by atoms with Crippen molar-refractivity contribution in [1.82, 2.24) is 25.5 Å². The number of benzene rings is 1. The number of aliphatic carboxylic acids is 1. The highest BCUT2D eigenvalue weighted by atomic mass is 16.4. The molecule has 1 aromatic heterocycles. The molecule has 172 valence electrons. The second-order valence-electron chi connectivity index (χ2n) is 8.43. The van der Waals surface area contributed by atoms with E-state index in [4.69, 9.17) is 0 Å². The number of aromatic hydroxyl groups is 1. The van der Waals surface area contributed by atoms with E-state index in [1.807, 2.05) is 13.8 Å². The highest BCUT2D eigenvalue weighted by Gasteiger charge is 2.30. The molecule has 0 unspecified atom stereocenters. The maximum Gasteiger partial charge on any atom is 0.326 e. The summed E-state index contributed by atoms with van der Waals surface area (Å²) in [6.45, 7) is 3.84. The van der Waals surface area contributed by atoms with Gasteiger partial charge < -0.3 is 30.7 Å². The van der Waals surface area contributed by atoms with E-state index in [-0.39, 0.29) is 24.0 Å². The van der Waals surface area contributed by atoms with Crippen molar-refractivity contribution < 1.29 is 24.6 Å². The predicted octanol–water partition coefficient (Wildman–Crippen LogP) is 0.365. The number of carbonyl (C=O) groups excluding carboxylic acids is 2. The van der Waals surface area contributed by atoms with Crippen LogP contribution >= 0.6 is 0 Å². The first kappa shape index (κ1) is 23.3. The fourth-order valence-electron chi connectivity index (χ4n) is 3.72. The zero-order valence-corrected chi connectivity index (χ0v) is 18.3. The quantitative estimate of drug-likeness (QED) is 0.459. The van der Waals surface area contributed by atoms with Crippen LogP contribution in [-0.4, -0.2) is 62.7 Å². The molecule has 32 heavy (non-hydrogen) atoms. The molecule has 10 nitrogen and oxygen atoms in total. The van der Waals surface area contributed by atoms with Crippen LogP contribution in [0, 0.1) is 5.92 Å². The molecule has 1 aliphatic rings. The van der Waals surface area contributed by atoms with Gasteiger partial charge in [0.2, 0.25) is 11.8 Å². The number of phenols is 1. The molecule has 0 spiro atoms. The van der Waals surface area contributed by atoms with Crippen LogP contribution in [0.3, 0.4) is 0 Å². The SMILES string of the molecule is CN[C@H]1Cc2ccc(O)c(c2)-n2cnc(c2)C[C@@H](C(=O)O)NC(=O)[C@H](CC(C)C)NC1=O. The number of aromatic nitrogens is 2. The molecule has 0 saturated heterocycles. The first-order valence-electron chi connectivity index (χ1n) is 10.5. The number of hydrogen-bond donors (Lipinski definition) is 5. The second kappa shape index (κ2) is 9.82.